The van der Waals surface area contributed by atoms with Gasteiger partial charge in [0, 0.05) is 45.0 Å². The Morgan fingerprint density at radius 1 is 1.32 bits per heavy atom. The number of piperazine rings is 1. The zero-order valence-electron chi connectivity index (χ0n) is 16.9. The Kier molecular flexibility index (Phi) is 8.72. The van der Waals surface area contributed by atoms with Crippen molar-refractivity contribution in [3.8, 4) is 0 Å². The van der Waals surface area contributed by atoms with Gasteiger partial charge in [0.15, 0.2) is 0 Å². The zero-order chi connectivity index (χ0) is 19.2. The van der Waals surface area contributed by atoms with Crippen LogP contribution in [0.3, 0.4) is 0 Å². The van der Waals surface area contributed by atoms with E-state index in [9.17, 15) is 9.59 Å². The van der Waals surface area contributed by atoms with E-state index in [1.54, 1.807) is 0 Å². The molecule has 2 aliphatic rings. The molecule has 0 saturated carbocycles. The maximum absolute atomic E-state index is 12.7. The highest BCUT2D eigenvalue weighted by molar-refractivity contribution is 5.92. The molecule has 1 aromatic heterocycles. The number of piperidine rings is 1. The third-order valence-corrected chi connectivity index (χ3v) is 5.52. The first-order valence-corrected chi connectivity index (χ1v) is 10.1. The van der Waals surface area contributed by atoms with E-state index in [4.69, 9.17) is 0 Å². The van der Waals surface area contributed by atoms with Gasteiger partial charge in [-0.05, 0) is 38.8 Å². The first-order chi connectivity index (χ1) is 13.1. The largest absolute Gasteiger partial charge is 0.353 e. The van der Waals surface area contributed by atoms with Crippen molar-refractivity contribution in [3.63, 3.8) is 0 Å². The average molecular weight is 413 g/mol. The molecule has 158 valence electrons. The minimum Gasteiger partial charge on any atom is -0.353 e. The normalized spacial score (nSPS) is 21.6. The fourth-order valence-corrected chi connectivity index (χ4v) is 3.61. The number of rotatable bonds is 6. The Hall–Kier alpha value is -1.64. The highest BCUT2D eigenvalue weighted by Gasteiger charge is 2.25. The number of hydrogen-bond donors (Lipinski definition) is 2. The van der Waals surface area contributed by atoms with Crippen molar-refractivity contribution in [1.82, 2.24) is 30.2 Å². The Morgan fingerprint density at radius 2 is 2.07 bits per heavy atom. The van der Waals surface area contributed by atoms with Crippen LogP contribution < -0.4 is 10.6 Å². The molecule has 2 amide bonds. The minimum absolute atomic E-state index is 0. The van der Waals surface area contributed by atoms with Crippen molar-refractivity contribution in [2.24, 2.45) is 0 Å². The van der Waals surface area contributed by atoms with Crippen molar-refractivity contribution in [2.75, 3.05) is 45.8 Å². The third kappa shape index (κ3) is 5.93. The zero-order valence-corrected chi connectivity index (χ0v) is 17.7. The van der Waals surface area contributed by atoms with E-state index >= 15 is 0 Å². The highest BCUT2D eigenvalue weighted by atomic mass is 35.5. The minimum atomic E-state index is -0.0128. The summed E-state index contributed by atoms with van der Waals surface area (Å²) in [7, 11) is 0. The van der Waals surface area contributed by atoms with Gasteiger partial charge in [-0.15, -0.1) is 12.4 Å². The standard InChI is InChI=1S/C19H32N6O2.ClH/c1-3-15(2)21-18(26)14-23-9-11-24(12-10-23)19(27)17-6-8-25(22-17)16-5-4-7-20-13-16;/h6,8,15-16,20H,3-5,7,9-14H2,1-2H3,(H,21,26);1H. The molecule has 9 heteroatoms. The molecule has 0 radical (unpaired) electrons. The molecule has 2 atom stereocenters. The Morgan fingerprint density at radius 3 is 2.71 bits per heavy atom. The number of halogens is 1. The predicted molar refractivity (Wildman–Crippen MR) is 111 cm³/mol. The fourth-order valence-electron chi connectivity index (χ4n) is 3.61. The van der Waals surface area contributed by atoms with Crippen LogP contribution in [-0.4, -0.2) is 83.2 Å². The molecule has 2 unspecified atom stereocenters. The SMILES string of the molecule is CCC(C)NC(=O)CN1CCN(C(=O)c2ccn(C3CCCNC3)n2)CC1.Cl. The van der Waals surface area contributed by atoms with Gasteiger partial charge in [-0.1, -0.05) is 6.92 Å². The van der Waals surface area contributed by atoms with E-state index in [-0.39, 0.29) is 30.3 Å². The van der Waals surface area contributed by atoms with Crippen LogP contribution in [0, 0.1) is 0 Å². The molecule has 2 saturated heterocycles. The summed E-state index contributed by atoms with van der Waals surface area (Å²) >= 11 is 0. The molecule has 0 bridgehead atoms. The average Bonchev–Trinajstić information content (AvgIpc) is 3.18. The van der Waals surface area contributed by atoms with Crippen LogP contribution in [0.25, 0.3) is 0 Å². The summed E-state index contributed by atoms with van der Waals surface area (Å²) in [6.45, 7) is 9.13. The summed E-state index contributed by atoms with van der Waals surface area (Å²) in [5.74, 6) is 0.0465. The van der Waals surface area contributed by atoms with Crippen LogP contribution in [0.15, 0.2) is 12.3 Å². The van der Waals surface area contributed by atoms with E-state index in [1.165, 1.54) is 0 Å². The van der Waals surface area contributed by atoms with Gasteiger partial charge in [0.25, 0.3) is 5.91 Å². The van der Waals surface area contributed by atoms with Crippen LogP contribution in [0.2, 0.25) is 0 Å². The molecule has 0 spiro atoms. The monoisotopic (exact) mass is 412 g/mol. The Labute approximate surface area is 173 Å². The Bertz CT molecular complexity index is 638. The van der Waals surface area contributed by atoms with Crippen molar-refractivity contribution in [2.45, 2.75) is 45.2 Å². The van der Waals surface area contributed by atoms with Crippen LogP contribution in [0.4, 0.5) is 0 Å². The van der Waals surface area contributed by atoms with E-state index in [1.807, 2.05) is 28.8 Å². The molecule has 1 aromatic rings. The third-order valence-electron chi connectivity index (χ3n) is 5.52. The molecule has 0 aromatic carbocycles. The molecule has 28 heavy (non-hydrogen) atoms. The lowest BCUT2D eigenvalue weighted by Crippen LogP contribution is -2.51. The van der Waals surface area contributed by atoms with E-state index in [0.717, 1.165) is 32.4 Å². The lowest BCUT2D eigenvalue weighted by molar-refractivity contribution is -0.123. The van der Waals surface area contributed by atoms with Crippen LogP contribution in [0.5, 0.6) is 0 Å². The van der Waals surface area contributed by atoms with Gasteiger partial charge in [0.05, 0.1) is 12.6 Å². The molecule has 2 fully saturated rings. The smallest absolute Gasteiger partial charge is 0.274 e. The number of amides is 2. The summed E-state index contributed by atoms with van der Waals surface area (Å²) in [5, 5.41) is 10.9. The first-order valence-electron chi connectivity index (χ1n) is 10.1. The van der Waals surface area contributed by atoms with Crippen LogP contribution in [0.1, 0.15) is 49.6 Å². The molecular formula is C19H33ClN6O2. The van der Waals surface area contributed by atoms with Gasteiger partial charge >= 0.3 is 0 Å². The van der Waals surface area contributed by atoms with Gasteiger partial charge in [0.1, 0.15) is 5.69 Å². The quantitative estimate of drug-likeness (QED) is 0.725. The number of aromatic nitrogens is 2. The first kappa shape index (κ1) is 22.6. The number of nitrogens with one attached hydrogen (secondary N) is 2. The summed E-state index contributed by atoms with van der Waals surface area (Å²) in [6.07, 6.45) is 5.08. The number of carbonyl (C=O) groups excluding carboxylic acids is 2. The van der Waals surface area contributed by atoms with E-state index in [2.05, 4.69) is 27.6 Å². The molecule has 2 N–H and O–H groups in total. The summed E-state index contributed by atoms with van der Waals surface area (Å²) in [5.41, 5.74) is 0.517. The summed E-state index contributed by atoms with van der Waals surface area (Å²) in [4.78, 5) is 28.7. The van der Waals surface area contributed by atoms with Gasteiger partial charge in [-0.25, -0.2) is 0 Å². The molecule has 3 rings (SSSR count). The van der Waals surface area contributed by atoms with Crippen LogP contribution >= 0.6 is 12.4 Å². The lowest BCUT2D eigenvalue weighted by atomic mass is 10.1. The van der Waals surface area contributed by atoms with Crippen molar-refractivity contribution in [3.05, 3.63) is 18.0 Å². The Balaban J connectivity index is 0.00000280. The van der Waals surface area contributed by atoms with Gasteiger partial charge in [-0.3, -0.25) is 19.2 Å². The maximum Gasteiger partial charge on any atom is 0.274 e. The fraction of sp³-hybridized carbons (Fsp3) is 0.737. The molecule has 2 aliphatic heterocycles. The van der Waals surface area contributed by atoms with Gasteiger partial charge in [-0.2, -0.15) is 5.10 Å². The van der Waals surface area contributed by atoms with E-state index < -0.39 is 0 Å². The summed E-state index contributed by atoms with van der Waals surface area (Å²) in [6, 6.07) is 2.36. The molecule has 0 aliphatic carbocycles. The number of hydrogen-bond acceptors (Lipinski definition) is 5. The van der Waals surface area contributed by atoms with Gasteiger partial charge < -0.3 is 15.5 Å². The van der Waals surface area contributed by atoms with Crippen molar-refractivity contribution in [1.29, 1.82) is 0 Å². The topological polar surface area (TPSA) is 82.5 Å². The predicted octanol–water partition coefficient (Wildman–Crippen LogP) is 0.902. The molecular weight excluding hydrogens is 380 g/mol. The highest BCUT2D eigenvalue weighted by Crippen LogP contribution is 2.16. The summed E-state index contributed by atoms with van der Waals surface area (Å²) < 4.78 is 1.93. The second-order valence-corrected chi connectivity index (χ2v) is 7.63. The van der Waals surface area contributed by atoms with Gasteiger partial charge in [0.2, 0.25) is 5.91 Å². The lowest BCUT2D eigenvalue weighted by Gasteiger charge is -2.34. The van der Waals surface area contributed by atoms with Crippen molar-refractivity contribution >= 4 is 24.2 Å². The number of carbonyl (C=O) groups is 2. The van der Waals surface area contributed by atoms with Crippen LogP contribution in [-0.2, 0) is 4.79 Å². The molecule has 3 heterocycles. The van der Waals surface area contributed by atoms with E-state index in [0.29, 0.717) is 44.5 Å². The molecule has 8 nitrogen and oxygen atoms in total. The second kappa shape index (κ2) is 10.8. The second-order valence-electron chi connectivity index (χ2n) is 7.63. The van der Waals surface area contributed by atoms with Crippen molar-refractivity contribution < 1.29 is 9.59 Å². The maximum atomic E-state index is 12.7. The number of nitrogens with zero attached hydrogens (tertiary/aromatic N) is 4.